The van der Waals surface area contributed by atoms with Crippen LogP contribution in [-0.4, -0.2) is 48.3 Å². The molecule has 138 valence electrons. The number of para-hydroxylation sites is 1. The Hall–Kier alpha value is -2.18. The summed E-state index contributed by atoms with van der Waals surface area (Å²) in [6, 6.07) is 8.03. The normalized spacial score (nSPS) is 14.0. The highest BCUT2D eigenvalue weighted by Crippen LogP contribution is 2.24. The van der Waals surface area contributed by atoms with Gasteiger partial charge in [-0.3, -0.25) is 14.5 Å². The number of benzene rings is 1. The van der Waals surface area contributed by atoms with Crippen LogP contribution >= 0.6 is 11.3 Å². The molecule has 1 aromatic carbocycles. The van der Waals surface area contributed by atoms with Crippen LogP contribution in [0.3, 0.4) is 0 Å². The lowest BCUT2D eigenvalue weighted by molar-refractivity contribution is -0.134. The second-order valence-corrected chi connectivity index (χ2v) is 7.90. The lowest BCUT2D eigenvalue weighted by atomic mass is 10.1. The molecule has 2 aromatic rings. The molecule has 1 aliphatic rings. The van der Waals surface area contributed by atoms with Crippen molar-refractivity contribution in [1.29, 1.82) is 0 Å². The van der Waals surface area contributed by atoms with Crippen LogP contribution in [-0.2, 0) is 22.6 Å². The van der Waals surface area contributed by atoms with Gasteiger partial charge in [0.1, 0.15) is 0 Å². The molecule has 0 atom stereocenters. The average Bonchev–Trinajstić information content (AvgIpc) is 3.06. The average molecular weight is 372 g/mol. The van der Waals surface area contributed by atoms with E-state index in [1.165, 1.54) is 15.3 Å². The third-order valence-corrected chi connectivity index (χ3v) is 5.82. The molecule has 0 radical (unpaired) electrons. The van der Waals surface area contributed by atoms with Crippen LogP contribution in [0.1, 0.15) is 21.6 Å². The molecule has 1 aromatic heterocycles. The van der Waals surface area contributed by atoms with Gasteiger partial charge in [-0.2, -0.15) is 0 Å². The first-order chi connectivity index (χ1) is 12.4. The van der Waals surface area contributed by atoms with E-state index >= 15 is 0 Å². The lowest BCUT2D eigenvalue weighted by Gasteiger charge is -2.28. The first kappa shape index (κ1) is 18.6. The molecule has 0 spiro atoms. The van der Waals surface area contributed by atoms with Gasteiger partial charge in [0.05, 0.1) is 13.1 Å². The SMILES string of the molecule is Cc1cccc(C)c1NC(=O)CN(C)C(=O)CN1CCc2sccc2C1. The van der Waals surface area contributed by atoms with Crippen molar-refractivity contribution in [1.82, 2.24) is 9.80 Å². The Bertz CT molecular complexity index is 795. The van der Waals surface area contributed by atoms with Crippen molar-refractivity contribution in [2.75, 3.05) is 32.0 Å². The van der Waals surface area contributed by atoms with E-state index < -0.39 is 0 Å². The molecule has 0 fully saturated rings. The van der Waals surface area contributed by atoms with Crippen LogP contribution in [0.2, 0.25) is 0 Å². The summed E-state index contributed by atoms with van der Waals surface area (Å²) in [6.45, 7) is 6.04. The van der Waals surface area contributed by atoms with Crippen molar-refractivity contribution in [2.24, 2.45) is 0 Å². The molecule has 1 aliphatic heterocycles. The summed E-state index contributed by atoms with van der Waals surface area (Å²) in [7, 11) is 1.69. The number of aryl methyl sites for hydroxylation is 2. The van der Waals surface area contributed by atoms with Crippen LogP contribution in [0, 0.1) is 13.8 Å². The van der Waals surface area contributed by atoms with E-state index in [1.54, 1.807) is 18.4 Å². The monoisotopic (exact) mass is 371 g/mol. The van der Waals surface area contributed by atoms with E-state index in [1.807, 2.05) is 32.0 Å². The third kappa shape index (κ3) is 4.31. The van der Waals surface area contributed by atoms with Crippen LogP contribution in [0.25, 0.3) is 0 Å². The largest absolute Gasteiger partial charge is 0.335 e. The molecular formula is C20H25N3O2S. The van der Waals surface area contributed by atoms with Crippen LogP contribution in [0.15, 0.2) is 29.6 Å². The van der Waals surface area contributed by atoms with Gasteiger partial charge in [0.15, 0.2) is 0 Å². The number of anilines is 1. The Kier molecular flexibility index (Phi) is 5.74. The summed E-state index contributed by atoms with van der Waals surface area (Å²) >= 11 is 1.79. The van der Waals surface area contributed by atoms with Crippen LogP contribution in [0.5, 0.6) is 0 Å². The quantitative estimate of drug-likeness (QED) is 0.879. The number of fused-ring (bicyclic) bond motifs is 1. The van der Waals surface area contributed by atoms with Crippen molar-refractivity contribution in [3.8, 4) is 0 Å². The van der Waals surface area contributed by atoms with E-state index in [9.17, 15) is 9.59 Å². The molecule has 5 nitrogen and oxygen atoms in total. The molecule has 0 saturated carbocycles. The Morgan fingerprint density at radius 3 is 2.69 bits per heavy atom. The molecule has 0 aliphatic carbocycles. The van der Waals surface area contributed by atoms with Gasteiger partial charge in [0, 0.05) is 30.7 Å². The van der Waals surface area contributed by atoms with E-state index in [4.69, 9.17) is 0 Å². The van der Waals surface area contributed by atoms with Gasteiger partial charge in [-0.25, -0.2) is 0 Å². The second-order valence-electron chi connectivity index (χ2n) is 6.89. The smallest absolute Gasteiger partial charge is 0.243 e. The van der Waals surface area contributed by atoms with Gasteiger partial charge < -0.3 is 10.2 Å². The molecule has 0 saturated heterocycles. The number of thiophene rings is 1. The molecule has 26 heavy (non-hydrogen) atoms. The summed E-state index contributed by atoms with van der Waals surface area (Å²) in [5.74, 6) is -0.197. The topological polar surface area (TPSA) is 52.7 Å². The highest BCUT2D eigenvalue weighted by molar-refractivity contribution is 7.10. The van der Waals surface area contributed by atoms with Gasteiger partial charge in [0.25, 0.3) is 0 Å². The number of hydrogen-bond donors (Lipinski definition) is 1. The molecule has 2 amide bonds. The molecule has 0 unspecified atom stereocenters. The maximum atomic E-state index is 12.5. The van der Waals surface area contributed by atoms with Crippen molar-refractivity contribution in [2.45, 2.75) is 26.8 Å². The van der Waals surface area contributed by atoms with Gasteiger partial charge >= 0.3 is 0 Å². The zero-order valence-corrected chi connectivity index (χ0v) is 16.4. The summed E-state index contributed by atoms with van der Waals surface area (Å²) < 4.78 is 0. The molecular weight excluding hydrogens is 346 g/mol. The lowest BCUT2D eigenvalue weighted by Crippen LogP contribution is -2.43. The summed E-state index contributed by atoms with van der Waals surface area (Å²) in [5.41, 5.74) is 4.20. The Balaban J connectivity index is 1.52. The Morgan fingerprint density at radius 1 is 1.23 bits per heavy atom. The second kappa shape index (κ2) is 8.01. The molecule has 6 heteroatoms. The minimum atomic E-state index is -0.169. The van der Waals surface area contributed by atoms with E-state index in [2.05, 4.69) is 21.7 Å². The zero-order chi connectivity index (χ0) is 18.7. The number of rotatable bonds is 5. The van der Waals surface area contributed by atoms with Crippen molar-refractivity contribution < 1.29 is 9.59 Å². The third-order valence-electron chi connectivity index (χ3n) is 4.80. The summed E-state index contributed by atoms with van der Waals surface area (Å²) in [6.07, 6.45) is 0.997. The molecule has 3 rings (SSSR count). The highest BCUT2D eigenvalue weighted by atomic mass is 32.1. The van der Waals surface area contributed by atoms with Crippen molar-refractivity contribution >= 4 is 28.8 Å². The van der Waals surface area contributed by atoms with Crippen molar-refractivity contribution in [3.05, 3.63) is 51.2 Å². The van der Waals surface area contributed by atoms with E-state index in [0.29, 0.717) is 6.54 Å². The first-order valence-electron chi connectivity index (χ1n) is 8.81. The van der Waals surface area contributed by atoms with Gasteiger partial charge in [-0.1, -0.05) is 18.2 Å². The number of likely N-dealkylation sites (N-methyl/N-ethyl adjacent to an activating group) is 1. The van der Waals surface area contributed by atoms with Crippen LogP contribution in [0.4, 0.5) is 5.69 Å². The standard InChI is InChI=1S/C20H25N3O2S/c1-14-5-4-6-15(2)20(14)21-18(24)12-22(3)19(25)13-23-9-7-17-16(11-23)8-10-26-17/h4-6,8,10H,7,9,11-13H2,1-3H3,(H,21,24). The number of amides is 2. The molecule has 1 N–H and O–H groups in total. The maximum absolute atomic E-state index is 12.5. The fourth-order valence-electron chi connectivity index (χ4n) is 3.25. The summed E-state index contributed by atoms with van der Waals surface area (Å²) in [4.78, 5) is 29.9. The zero-order valence-electron chi connectivity index (χ0n) is 15.5. The molecule has 2 heterocycles. The number of carbonyl (C=O) groups excluding carboxylic acids is 2. The predicted octanol–water partition coefficient (Wildman–Crippen LogP) is 2.82. The minimum Gasteiger partial charge on any atom is -0.335 e. The summed E-state index contributed by atoms with van der Waals surface area (Å²) in [5, 5.41) is 5.04. The maximum Gasteiger partial charge on any atom is 0.243 e. The van der Waals surface area contributed by atoms with E-state index in [-0.39, 0.29) is 18.4 Å². The number of hydrogen-bond acceptors (Lipinski definition) is 4. The highest BCUT2D eigenvalue weighted by Gasteiger charge is 2.21. The Labute approximate surface area is 158 Å². The van der Waals surface area contributed by atoms with Gasteiger partial charge in [-0.15, -0.1) is 11.3 Å². The van der Waals surface area contributed by atoms with Crippen molar-refractivity contribution in [3.63, 3.8) is 0 Å². The fraction of sp³-hybridized carbons (Fsp3) is 0.400. The van der Waals surface area contributed by atoms with Gasteiger partial charge in [-0.05, 0) is 48.4 Å². The fourth-order valence-corrected chi connectivity index (χ4v) is 4.14. The van der Waals surface area contributed by atoms with E-state index in [0.717, 1.165) is 36.3 Å². The first-order valence-corrected chi connectivity index (χ1v) is 9.69. The number of nitrogens with one attached hydrogen (secondary N) is 1. The van der Waals surface area contributed by atoms with Gasteiger partial charge in [0.2, 0.25) is 11.8 Å². The van der Waals surface area contributed by atoms with Crippen LogP contribution < -0.4 is 5.32 Å². The number of carbonyl (C=O) groups is 2. The predicted molar refractivity (Wildman–Crippen MR) is 105 cm³/mol. The Morgan fingerprint density at radius 2 is 1.96 bits per heavy atom. The molecule has 0 bridgehead atoms. The minimum absolute atomic E-state index is 0.0275. The number of nitrogens with zero attached hydrogens (tertiary/aromatic N) is 2.